The molecule has 1 aliphatic rings. The van der Waals surface area contributed by atoms with Crippen molar-refractivity contribution in [3.63, 3.8) is 0 Å². The van der Waals surface area contributed by atoms with Crippen molar-refractivity contribution in [2.75, 3.05) is 25.0 Å². The Morgan fingerprint density at radius 1 is 1.19 bits per heavy atom. The van der Waals surface area contributed by atoms with E-state index in [0.717, 1.165) is 24.2 Å². The maximum absolute atomic E-state index is 11.9. The van der Waals surface area contributed by atoms with Gasteiger partial charge in [0.2, 0.25) is 5.95 Å². The maximum atomic E-state index is 11.9. The zero-order valence-electron chi connectivity index (χ0n) is 15.4. The van der Waals surface area contributed by atoms with Crippen LogP contribution in [0.15, 0.2) is 54.7 Å². The SMILES string of the molecule is CCNC(=O)N1CC[C@@H](Nc2nccc(-c3ccc4ccccc4c3)n2)C1. The summed E-state index contributed by atoms with van der Waals surface area (Å²) in [5, 5.41) is 8.62. The minimum atomic E-state index is -0.00682. The van der Waals surface area contributed by atoms with E-state index in [0.29, 0.717) is 19.0 Å². The monoisotopic (exact) mass is 361 g/mol. The van der Waals surface area contributed by atoms with Gasteiger partial charge >= 0.3 is 6.03 Å². The third-order valence-electron chi connectivity index (χ3n) is 4.84. The molecule has 1 saturated heterocycles. The molecule has 4 rings (SSSR count). The molecular formula is C21H23N5O. The van der Waals surface area contributed by atoms with Crippen molar-refractivity contribution >= 4 is 22.8 Å². The third-order valence-corrected chi connectivity index (χ3v) is 4.84. The predicted octanol–water partition coefficient (Wildman–Crippen LogP) is 3.51. The molecule has 2 amide bonds. The van der Waals surface area contributed by atoms with Crippen LogP contribution in [-0.2, 0) is 0 Å². The molecule has 2 heterocycles. The maximum Gasteiger partial charge on any atom is 0.317 e. The van der Waals surface area contributed by atoms with Gasteiger partial charge in [-0.2, -0.15) is 0 Å². The fraction of sp³-hybridized carbons (Fsp3) is 0.286. The molecule has 3 aromatic rings. The van der Waals surface area contributed by atoms with Crippen LogP contribution in [0.25, 0.3) is 22.0 Å². The summed E-state index contributed by atoms with van der Waals surface area (Å²) in [5.41, 5.74) is 1.95. The van der Waals surface area contributed by atoms with Gasteiger partial charge in [-0.25, -0.2) is 14.8 Å². The molecule has 27 heavy (non-hydrogen) atoms. The number of anilines is 1. The molecule has 1 aliphatic heterocycles. The Balaban J connectivity index is 1.48. The van der Waals surface area contributed by atoms with Gasteiger partial charge in [0, 0.05) is 37.4 Å². The van der Waals surface area contributed by atoms with E-state index in [1.807, 2.05) is 30.0 Å². The first-order chi connectivity index (χ1) is 13.2. The molecule has 2 aromatic carbocycles. The number of fused-ring (bicyclic) bond motifs is 1. The lowest BCUT2D eigenvalue weighted by Gasteiger charge is -2.17. The number of nitrogens with one attached hydrogen (secondary N) is 2. The van der Waals surface area contributed by atoms with E-state index >= 15 is 0 Å². The van der Waals surface area contributed by atoms with Crippen molar-refractivity contribution in [1.82, 2.24) is 20.2 Å². The molecule has 0 saturated carbocycles. The van der Waals surface area contributed by atoms with Crippen LogP contribution < -0.4 is 10.6 Å². The molecule has 1 atom stereocenters. The van der Waals surface area contributed by atoms with Crippen LogP contribution >= 0.6 is 0 Å². The Bertz CT molecular complexity index is 958. The van der Waals surface area contributed by atoms with Crippen LogP contribution in [0.3, 0.4) is 0 Å². The highest BCUT2D eigenvalue weighted by Gasteiger charge is 2.26. The molecule has 0 unspecified atom stereocenters. The van der Waals surface area contributed by atoms with Gasteiger partial charge < -0.3 is 15.5 Å². The number of amides is 2. The van der Waals surface area contributed by atoms with Gasteiger partial charge in [0.25, 0.3) is 0 Å². The topological polar surface area (TPSA) is 70.2 Å². The lowest BCUT2D eigenvalue weighted by molar-refractivity contribution is 0.209. The molecule has 6 nitrogen and oxygen atoms in total. The Labute approximate surface area is 158 Å². The van der Waals surface area contributed by atoms with Crippen LogP contribution in [-0.4, -0.2) is 46.6 Å². The number of likely N-dealkylation sites (tertiary alicyclic amines) is 1. The fourth-order valence-electron chi connectivity index (χ4n) is 3.45. The van der Waals surface area contributed by atoms with E-state index in [4.69, 9.17) is 0 Å². The molecule has 1 fully saturated rings. The zero-order valence-corrected chi connectivity index (χ0v) is 15.4. The van der Waals surface area contributed by atoms with Crippen molar-refractivity contribution in [3.8, 4) is 11.3 Å². The Kier molecular flexibility index (Phi) is 4.87. The Morgan fingerprint density at radius 3 is 2.89 bits per heavy atom. The van der Waals surface area contributed by atoms with Crippen molar-refractivity contribution < 1.29 is 4.79 Å². The first-order valence-electron chi connectivity index (χ1n) is 9.34. The fourth-order valence-corrected chi connectivity index (χ4v) is 3.45. The molecule has 0 spiro atoms. The normalized spacial score (nSPS) is 16.5. The zero-order chi connectivity index (χ0) is 18.6. The van der Waals surface area contributed by atoms with E-state index in [1.54, 1.807) is 6.20 Å². The number of carbonyl (C=O) groups is 1. The van der Waals surface area contributed by atoms with Crippen LogP contribution in [0, 0.1) is 0 Å². The lowest BCUT2D eigenvalue weighted by atomic mass is 10.1. The molecule has 0 bridgehead atoms. The van der Waals surface area contributed by atoms with Gasteiger partial charge in [-0.15, -0.1) is 0 Å². The highest BCUT2D eigenvalue weighted by molar-refractivity contribution is 5.86. The van der Waals surface area contributed by atoms with Gasteiger partial charge in [-0.3, -0.25) is 0 Å². The molecule has 138 valence electrons. The summed E-state index contributed by atoms with van der Waals surface area (Å²) in [4.78, 5) is 22.8. The summed E-state index contributed by atoms with van der Waals surface area (Å²) in [5.74, 6) is 0.600. The standard InChI is InChI=1S/C21H23N5O/c1-2-22-21(27)26-12-10-18(14-26)24-20-23-11-9-19(25-20)17-8-7-15-5-3-4-6-16(15)13-17/h3-9,11,13,18H,2,10,12,14H2,1H3,(H,22,27)(H,23,24,25)/t18-/m1/s1. The number of urea groups is 1. The summed E-state index contributed by atoms with van der Waals surface area (Å²) >= 11 is 0. The summed E-state index contributed by atoms with van der Waals surface area (Å²) in [6.07, 6.45) is 2.66. The second kappa shape index (κ2) is 7.61. The number of carbonyl (C=O) groups excluding carboxylic acids is 1. The summed E-state index contributed by atoms with van der Waals surface area (Å²) in [6.45, 7) is 3.98. The summed E-state index contributed by atoms with van der Waals surface area (Å²) in [7, 11) is 0. The third kappa shape index (κ3) is 3.84. The Morgan fingerprint density at radius 2 is 2.04 bits per heavy atom. The Hall–Kier alpha value is -3.15. The number of rotatable bonds is 4. The van der Waals surface area contributed by atoms with E-state index in [1.165, 1.54) is 10.8 Å². The van der Waals surface area contributed by atoms with Gasteiger partial charge in [-0.05, 0) is 36.2 Å². The summed E-state index contributed by atoms with van der Waals surface area (Å²) in [6, 6.07) is 16.7. The smallest absolute Gasteiger partial charge is 0.317 e. The minimum absolute atomic E-state index is 0.00682. The van der Waals surface area contributed by atoms with E-state index in [2.05, 4.69) is 50.9 Å². The van der Waals surface area contributed by atoms with Gasteiger partial charge in [-0.1, -0.05) is 36.4 Å². The molecule has 6 heteroatoms. The van der Waals surface area contributed by atoms with Crippen LogP contribution in [0.5, 0.6) is 0 Å². The van der Waals surface area contributed by atoms with Crippen LogP contribution in [0.4, 0.5) is 10.7 Å². The van der Waals surface area contributed by atoms with Crippen LogP contribution in [0.1, 0.15) is 13.3 Å². The molecule has 2 N–H and O–H groups in total. The van der Waals surface area contributed by atoms with E-state index in [9.17, 15) is 4.79 Å². The number of benzene rings is 2. The van der Waals surface area contributed by atoms with Crippen molar-refractivity contribution in [2.24, 2.45) is 0 Å². The quantitative estimate of drug-likeness (QED) is 0.746. The minimum Gasteiger partial charge on any atom is -0.350 e. The summed E-state index contributed by atoms with van der Waals surface area (Å²) < 4.78 is 0. The first-order valence-corrected chi connectivity index (χ1v) is 9.34. The molecule has 0 aliphatic carbocycles. The molecular weight excluding hydrogens is 338 g/mol. The lowest BCUT2D eigenvalue weighted by Crippen LogP contribution is -2.39. The van der Waals surface area contributed by atoms with E-state index < -0.39 is 0 Å². The average molecular weight is 361 g/mol. The predicted molar refractivity (Wildman–Crippen MR) is 108 cm³/mol. The molecule has 0 radical (unpaired) electrons. The van der Waals surface area contributed by atoms with Gasteiger partial charge in [0.1, 0.15) is 0 Å². The number of hydrogen-bond donors (Lipinski definition) is 2. The van der Waals surface area contributed by atoms with Crippen molar-refractivity contribution in [3.05, 3.63) is 54.7 Å². The van der Waals surface area contributed by atoms with Crippen molar-refractivity contribution in [2.45, 2.75) is 19.4 Å². The largest absolute Gasteiger partial charge is 0.350 e. The first kappa shape index (κ1) is 17.3. The second-order valence-corrected chi connectivity index (χ2v) is 6.74. The second-order valence-electron chi connectivity index (χ2n) is 6.74. The van der Waals surface area contributed by atoms with Gasteiger partial charge in [0.05, 0.1) is 5.69 Å². The molecule has 1 aromatic heterocycles. The average Bonchev–Trinajstić information content (AvgIpc) is 3.17. The van der Waals surface area contributed by atoms with Crippen molar-refractivity contribution in [1.29, 1.82) is 0 Å². The number of hydrogen-bond acceptors (Lipinski definition) is 4. The van der Waals surface area contributed by atoms with Gasteiger partial charge in [0.15, 0.2) is 0 Å². The highest BCUT2D eigenvalue weighted by Crippen LogP contribution is 2.24. The highest BCUT2D eigenvalue weighted by atomic mass is 16.2. The van der Waals surface area contributed by atoms with Crippen LogP contribution in [0.2, 0.25) is 0 Å². The number of nitrogens with zero attached hydrogens (tertiary/aromatic N) is 3. The van der Waals surface area contributed by atoms with E-state index in [-0.39, 0.29) is 12.1 Å². The number of aromatic nitrogens is 2.